The van der Waals surface area contributed by atoms with Crippen molar-refractivity contribution in [2.24, 2.45) is 5.92 Å². The molecule has 0 saturated carbocycles. The van der Waals surface area contributed by atoms with Crippen molar-refractivity contribution in [3.05, 3.63) is 40.0 Å². The third kappa shape index (κ3) is 3.41. The van der Waals surface area contributed by atoms with Crippen molar-refractivity contribution in [2.45, 2.75) is 39.0 Å². The molecule has 6 heteroatoms. The number of halogens is 1. The second-order valence-electron chi connectivity index (χ2n) is 7.26. The lowest BCUT2D eigenvalue weighted by Crippen LogP contribution is -2.40. The first-order valence-electron chi connectivity index (χ1n) is 9.65. The number of esters is 1. The van der Waals surface area contributed by atoms with Gasteiger partial charge in [0.15, 0.2) is 0 Å². The summed E-state index contributed by atoms with van der Waals surface area (Å²) in [7, 11) is 0. The van der Waals surface area contributed by atoms with Crippen molar-refractivity contribution in [3.63, 3.8) is 0 Å². The van der Waals surface area contributed by atoms with E-state index in [1.165, 1.54) is 0 Å². The van der Waals surface area contributed by atoms with E-state index in [-0.39, 0.29) is 17.8 Å². The van der Waals surface area contributed by atoms with Crippen LogP contribution < -0.4 is 0 Å². The fraction of sp³-hybridized carbons (Fsp3) is 0.476. The third-order valence-electron chi connectivity index (χ3n) is 5.59. The number of aromatic nitrogens is 1. The Balaban J connectivity index is 1.52. The second kappa shape index (κ2) is 7.47. The summed E-state index contributed by atoms with van der Waals surface area (Å²) in [5, 5.41) is 1.69. The molecule has 0 atom stereocenters. The molecule has 1 aliphatic carbocycles. The number of benzene rings is 1. The van der Waals surface area contributed by atoms with Gasteiger partial charge in [0.1, 0.15) is 0 Å². The Bertz CT molecular complexity index is 904. The number of likely N-dealkylation sites (tertiary alicyclic amines) is 1. The molecule has 4 rings (SSSR count). The maximum atomic E-state index is 12.9. The van der Waals surface area contributed by atoms with E-state index in [9.17, 15) is 9.59 Å². The number of aryl methyl sites for hydroxylation is 1. The van der Waals surface area contributed by atoms with Crippen molar-refractivity contribution in [1.29, 1.82) is 0 Å². The highest BCUT2D eigenvalue weighted by Gasteiger charge is 2.29. The van der Waals surface area contributed by atoms with Crippen molar-refractivity contribution < 1.29 is 14.3 Å². The molecule has 0 unspecified atom stereocenters. The molecular formula is C21H23ClN2O3. The van der Waals surface area contributed by atoms with Gasteiger partial charge in [-0.1, -0.05) is 17.7 Å². The average Bonchev–Trinajstić information content (AvgIpc) is 3.16. The summed E-state index contributed by atoms with van der Waals surface area (Å²) < 4.78 is 5.09. The van der Waals surface area contributed by atoms with Crippen molar-refractivity contribution in [3.8, 4) is 0 Å². The Kier molecular flexibility index (Phi) is 5.04. The van der Waals surface area contributed by atoms with Crippen molar-refractivity contribution in [1.82, 2.24) is 9.88 Å². The van der Waals surface area contributed by atoms with Crippen molar-refractivity contribution >= 4 is 34.4 Å². The zero-order valence-electron chi connectivity index (χ0n) is 15.5. The fourth-order valence-electron chi connectivity index (χ4n) is 4.10. The fourth-order valence-corrected chi connectivity index (χ4v) is 4.46. The number of nitrogens with zero attached hydrogens (tertiary/aromatic N) is 2. The summed E-state index contributed by atoms with van der Waals surface area (Å²) >= 11 is 6.56. The number of hydrogen-bond donors (Lipinski definition) is 0. The highest BCUT2D eigenvalue weighted by molar-refractivity contribution is 6.36. The zero-order valence-corrected chi connectivity index (χ0v) is 16.2. The van der Waals surface area contributed by atoms with Gasteiger partial charge in [-0.05, 0) is 56.7 Å². The normalized spacial score (nSPS) is 17.2. The maximum absolute atomic E-state index is 12.9. The standard InChI is InChI=1S/C21H23ClN2O3/c1-2-27-21(26)13-8-10-24(11-9-13)20(25)14-6-7-16-18(12-14)23-17-5-3-4-15(17)19(16)22/h6-7,12-13H,2-5,8-11H2,1H3. The molecule has 142 valence electrons. The van der Waals surface area contributed by atoms with Crippen LogP contribution in [0.15, 0.2) is 18.2 Å². The molecule has 1 aliphatic heterocycles. The zero-order chi connectivity index (χ0) is 19.0. The summed E-state index contributed by atoms with van der Waals surface area (Å²) in [5.41, 5.74) is 3.63. The molecule has 1 aromatic heterocycles. The Morgan fingerprint density at radius 2 is 2.04 bits per heavy atom. The van der Waals surface area contributed by atoms with E-state index in [0.717, 1.165) is 46.4 Å². The van der Waals surface area contributed by atoms with E-state index in [0.29, 0.717) is 38.1 Å². The number of hydrogen-bond acceptors (Lipinski definition) is 4. The molecule has 2 aliphatic rings. The Labute approximate surface area is 163 Å². The number of rotatable bonds is 3. The van der Waals surface area contributed by atoms with Gasteiger partial charge in [-0.3, -0.25) is 14.6 Å². The smallest absolute Gasteiger partial charge is 0.309 e. The Morgan fingerprint density at radius 1 is 1.26 bits per heavy atom. The van der Waals surface area contributed by atoms with Crippen LogP contribution in [0.5, 0.6) is 0 Å². The highest BCUT2D eigenvalue weighted by Crippen LogP contribution is 2.34. The van der Waals surface area contributed by atoms with Gasteiger partial charge >= 0.3 is 5.97 Å². The van der Waals surface area contributed by atoms with E-state index >= 15 is 0 Å². The molecule has 0 N–H and O–H groups in total. The molecule has 2 aromatic rings. The molecule has 0 radical (unpaired) electrons. The quantitative estimate of drug-likeness (QED) is 0.753. The minimum Gasteiger partial charge on any atom is -0.466 e. The van der Waals surface area contributed by atoms with Gasteiger partial charge in [-0.15, -0.1) is 0 Å². The molecular weight excluding hydrogens is 364 g/mol. The minimum absolute atomic E-state index is 0.0161. The maximum Gasteiger partial charge on any atom is 0.309 e. The van der Waals surface area contributed by atoms with Gasteiger partial charge in [0.05, 0.1) is 23.1 Å². The average molecular weight is 387 g/mol. The van der Waals surface area contributed by atoms with Crippen molar-refractivity contribution in [2.75, 3.05) is 19.7 Å². The van der Waals surface area contributed by atoms with E-state index < -0.39 is 0 Å². The van der Waals surface area contributed by atoms with Crippen LogP contribution in [0.3, 0.4) is 0 Å². The van der Waals surface area contributed by atoms with Crippen LogP contribution in [0.4, 0.5) is 0 Å². The van der Waals surface area contributed by atoms with Crippen LogP contribution in [-0.2, 0) is 22.4 Å². The number of fused-ring (bicyclic) bond motifs is 2. The van der Waals surface area contributed by atoms with Crippen LogP contribution in [-0.4, -0.2) is 41.5 Å². The van der Waals surface area contributed by atoms with Crippen LogP contribution in [0.2, 0.25) is 5.02 Å². The number of amides is 1. The van der Waals surface area contributed by atoms with Gasteiger partial charge in [0.2, 0.25) is 0 Å². The van der Waals surface area contributed by atoms with Crippen LogP contribution in [0, 0.1) is 5.92 Å². The van der Waals surface area contributed by atoms with Crippen LogP contribution in [0.25, 0.3) is 10.9 Å². The summed E-state index contributed by atoms with van der Waals surface area (Å²) in [4.78, 5) is 31.3. The number of piperidine rings is 1. The Hall–Kier alpha value is -2.14. The molecule has 1 saturated heterocycles. The van der Waals surface area contributed by atoms with Crippen LogP contribution in [0.1, 0.15) is 47.8 Å². The number of ether oxygens (including phenoxy) is 1. The summed E-state index contributed by atoms with van der Waals surface area (Å²) in [5.74, 6) is -0.269. The minimum atomic E-state index is -0.150. The predicted octanol–water partition coefficient (Wildman–Crippen LogP) is 3.79. The third-order valence-corrected chi connectivity index (χ3v) is 6.02. The van der Waals surface area contributed by atoms with E-state index in [2.05, 4.69) is 0 Å². The van der Waals surface area contributed by atoms with Gasteiger partial charge in [0.25, 0.3) is 5.91 Å². The predicted molar refractivity (Wildman–Crippen MR) is 104 cm³/mol. The number of pyridine rings is 1. The second-order valence-corrected chi connectivity index (χ2v) is 7.63. The summed E-state index contributed by atoms with van der Waals surface area (Å²) in [6.07, 6.45) is 4.31. The van der Waals surface area contributed by atoms with E-state index in [1.54, 1.807) is 0 Å². The first kappa shape index (κ1) is 18.2. The first-order chi connectivity index (χ1) is 13.1. The van der Waals surface area contributed by atoms with E-state index in [4.69, 9.17) is 21.3 Å². The monoisotopic (exact) mass is 386 g/mol. The number of carbonyl (C=O) groups is 2. The molecule has 2 heterocycles. The summed E-state index contributed by atoms with van der Waals surface area (Å²) in [6.45, 7) is 3.34. The molecule has 0 bridgehead atoms. The topological polar surface area (TPSA) is 59.5 Å². The molecule has 0 spiro atoms. The van der Waals surface area contributed by atoms with Gasteiger partial charge in [-0.2, -0.15) is 0 Å². The molecule has 5 nitrogen and oxygen atoms in total. The lowest BCUT2D eigenvalue weighted by atomic mass is 9.96. The largest absolute Gasteiger partial charge is 0.466 e. The Morgan fingerprint density at radius 3 is 2.78 bits per heavy atom. The lowest BCUT2D eigenvalue weighted by Gasteiger charge is -2.31. The van der Waals surface area contributed by atoms with Crippen LogP contribution >= 0.6 is 11.6 Å². The first-order valence-corrected chi connectivity index (χ1v) is 10.0. The van der Waals surface area contributed by atoms with E-state index in [1.807, 2.05) is 30.0 Å². The number of carbonyl (C=O) groups excluding carboxylic acids is 2. The molecule has 1 amide bonds. The molecule has 1 fully saturated rings. The van der Waals surface area contributed by atoms with Gasteiger partial charge < -0.3 is 9.64 Å². The van der Waals surface area contributed by atoms with Gasteiger partial charge in [-0.25, -0.2) is 0 Å². The highest BCUT2D eigenvalue weighted by atomic mass is 35.5. The molecule has 1 aromatic carbocycles. The van der Waals surface area contributed by atoms with Gasteiger partial charge in [0, 0.05) is 29.7 Å². The molecule has 27 heavy (non-hydrogen) atoms. The SMILES string of the molecule is CCOC(=O)C1CCN(C(=O)c2ccc3c(Cl)c4c(nc3c2)CCC4)CC1. The lowest BCUT2D eigenvalue weighted by molar-refractivity contribution is -0.149. The summed E-state index contributed by atoms with van der Waals surface area (Å²) in [6, 6.07) is 5.58.